The molecule has 0 aliphatic carbocycles. The van der Waals surface area contributed by atoms with Gasteiger partial charge in [-0.25, -0.2) is 0 Å². The van der Waals surface area contributed by atoms with Crippen LogP contribution in [0.15, 0.2) is 24.3 Å². The zero-order chi connectivity index (χ0) is 14.6. The number of hydrogen-bond donors (Lipinski definition) is 2. The lowest BCUT2D eigenvalue weighted by Crippen LogP contribution is -2.21. The first-order valence-corrected chi connectivity index (χ1v) is 5.79. The molecule has 0 radical (unpaired) electrons. The molecule has 0 aromatic heterocycles. The average Bonchev–Trinajstić information content (AvgIpc) is 2.27. The quantitative estimate of drug-likeness (QED) is 0.864. The minimum Gasteiger partial charge on any atom is -0.508 e. The number of aromatic hydroxyl groups is 1. The van der Waals surface area contributed by atoms with Crippen LogP contribution in [0.25, 0.3) is 0 Å². The van der Waals surface area contributed by atoms with Crippen LogP contribution in [0.1, 0.15) is 31.2 Å². The van der Waals surface area contributed by atoms with Crippen LogP contribution < -0.4 is 0 Å². The Kier molecular flexibility index (Phi) is 4.80. The smallest absolute Gasteiger partial charge is 0.389 e. The topological polar surface area (TPSA) is 57.5 Å². The van der Waals surface area contributed by atoms with E-state index in [0.717, 1.165) is 0 Å². The first-order valence-electron chi connectivity index (χ1n) is 5.79. The minimum absolute atomic E-state index is 0.0907. The molecule has 0 aliphatic rings. The van der Waals surface area contributed by atoms with Crippen molar-refractivity contribution in [2.45, 2.75) is 31.9 Å². The van der Waals surface area contributed by atoms with Crippen LogP contribution in [0.4, 0.5) is 13.2 Å². The largest absolute Gasteiger partial charge is 0.508 e. The second kappa shape index (κ2) is 5.95. The third kappa shape index (κ3) is 4.81. The average molecular weight is 276 g/mol. The van der Waals surface area contributed by atoms with Gasteiger partial charge < -0.3 is 10.2 Å². The maximum absolute atomic E-state index is 12.3. The number of phenols is 1. The number of halogens is 3. The summed E-state index contributed by atoms with van der Waals surface area (Å²) in [6.45, 7) is 1.37. The Morgan fingerprint density at radius 3 is 2.47 bits per heavy atom. The van der Waals surface area contributed by atoms with Gasteiger partial charge in [0.05, 0.1) is 5.92 Å². The van der Waals surface area contributed by atoms with E-state index in [4.69, 9.17) is 5.11 Å². The van der Waals surface area contributed by atoms with Crippen molar-refractivity contribution in [3.63, 3.8) is 0 Å². The fourth-order valence-electron chi connectivity index (χ4n) is 1.95. The van der Waals surface area contributed by atoms with Crippen molar-refractivity contribution >= 4 is 5.97 Å². The Morgan fingerprint density at radius 1 is 1.37 bits per heavy atom. The van der Waals surface area contributed by atoms with Gasteiger partial charge in [0.25, 0.3) is 0 Å². The van der Waals surface area contributed by atoms with Gasteiger partial charge in [-0.2, -0.15) is 13.2 Å². The standard InChI is InChI=1S/C13H15F3O3/c1-8(12(18)19)11(5-6-13(14,15)16)9-3-2-4-10(17)7-9/h2-4,7-8,11,17H,5-6H2,1H3,(H,18,19)/t8?,11-/m0/s1. The fraction of sp³-hybridized carbons (Fsp3) is 0.462. The Balaban J connectivity index is 2.95. The van der Waals surface area contributed by atoms with Crippen molar-refractivity contribution in [2.24, 2.45) is 5.92 Å². The second-order valence-electron chi connectivity index (χ2n) is 4.48. The molecule has 106 valence electrons. The van der Waals surface area contributed by atoms with Crippen molar-refractivity contribution < 1.29 is 28.2 Å². The molecule has 3 nitrogen and oxygen atoms in total. The maximum Gasteiger partial charge on any atom is 0.389 e. The molecule has 6 heteroatoms. The minimum atomic E-state index is -4.33. The van der Waals surface area contributed by atoms with Gasteiger partial charge in [0, 0.05) is 6.42 Å². The molecule has 1 unspecified atom stereocenters. The number of carboxylic acid groups (broad SMARTS) is 1. The van der Waals surface area contributed by atoms with Crippen molar-refractivity contribution in [2.75, 3.05) is 0 Å². The van der Waals surface area contributed by atoms with Crippen LogP contribution in [0.3, 0.4) is 0 Å². The molecule has 0 fully saturated rings. The molecule has 1 aromatic rings. The van der Waals surface area contributed by atoms with Gasteiger partial charge in [0.15, 0.2) is 0 Å². The number of carbonyl (C=O) groups is 1. The van der Waals surface area contributed by atoms with E-state index in [1.807, 2.05) is 0 Å². The molecule has 0 saturated carbocycles. The molecule has 1 aromatic carbocycles. The number of phenolic OH excluding ortho intramolecular Hbond substituents is 1. The normalized spacial score (nSPS) is 14.9. The molecule has 0 spiro atoms. The van der Waals surface area contributed by atoms with Crippen molar-refractivity contribution in [3.05, 3.63) is 29.8 Å². The zero-order valence-electron chi connectivity index (χ0n) is 10.3. The summed E-state index contributed by atoms with van der Waals surface area (Å²) in [7, 11) is 0. The van der Waals surface area contributed by atoms with E-state index in [-0.39, 0.29) is 12.2 Å². The lowest BCUT2D eigenvalue weighted by Gasteiger charge is -2.22. The van der Waals surface area contributed by atoms with Crippen LogP contribution in [0.2, 0.25) is 0 Å². The number of hydrogen-bond acceptors (Lipinski definition) is 2. The number of carboxylic acids is 1. The van der Waals surface area contributed by atoms with Crippen LogP contribution >= 0.6 is 0 Å². The lowest BCUT2D eigenvalue weighted by atomic mass is 9.83. The highest BCUT2D eigenvalue weighted by atomic mass is 19.4. The third-order valence-corrected chi connectivity index (χ3v) is 3.03. The molecule has 0 bridgehead atoms. The summed E-state index contributed by atoms with van der Waals surface area (Å²) >= 11 is 0. The summed E-state index contributed by atoms with van der Waals surface area (Å²) in [4.78, 5) is 11.0. The second-order valence-corrected chi connectivity index (χ2v) is 4.48. The summed E-state index contributed by atoms with van der Waals surface area (Å²) < 4.78 is 36.8. The summed E-state index contributed by atoms with van der Waals surface area (Å²) in [6.07, 6.45) is -5.70. The van der Waals surface area contributed by atoms with Gasteiger partial charge in [0.2, 0.25) is 0 Å². The predicted octanol–water partition coefficient (Wildman–Crippen LogP) is 3.54. The van der Waals surface area contributed by atoms with Gasteiger partial charge in [-0.05, 0) is 30.0 Å². The van der Waals surface area contributed by atoms with Gasteiger partial charge >= 0.3 is 12.1 Å². The highest BCUT2D eigenvalue weighted by Crippen LogP contribution is 2.35. The third-order valence-electron chi connectivity index (χ3n) is 3.03. The van der Waals surface area contributed by atoms with E-state index in [1.165, 1.54) is 31.2 Å². The van der Waals surface area contributed by atoms with Gasteiger partial charge in [-0.1, -0.05) is 19.1 Å². The number of alkyl halides is 3. The Bertz CT molecular complexity index is 443. The van der Waals surface area contributed by atoms with E-state index in [1.54, 1.807) is 0 Å². The fourth-order valence-corrected chi connectivity index (χ4v) is 1.95. The SMILES string of the molecule is CC(C(=O)O)[C@H](CCC(F)(F)F)c1cccc(O)c1. The molecule has 2 N–H and O–H groups in total. The van der Waals surface area contributed by atoms with Gasteiger partial charge in [-0.15, -0.1) is 0 Å². The van der Waals surface area contributed by atoms with E-state index in [9.17, 15) is 23.1 Å². The lowest BCUT2D eigenvalue weighted by molar-refractivity contribution is -0.146. The van der Waals surface area contributed by atoms with E-state index < -0.39 is 30.4 Å². The van der Waals surface area contributed by atoms with Crippen LogP contribution in [-0.4, -0.2) is 22.4 Å². The highest BCUT2D eigenvalue weighted by molar-refractivity contribution is 5.71. The molecular formula is C13H15F3O3. The predicted molar refractivity (Wildman–Crippen MR) is 62.9 cm³/mol. The summed E-state index contributed by atoms with van der Waals surface area (Å²) in [6, 6.07) is 5.70. The Hall–Kier alpha value is -1.72. The summed E-state index contributed by atoms with van der Waals surface area (Å²) in [5.41, 5.74) is 0.402. The van der Waals surface area contributed by atoms with Crippen LogP contribution in [-0.2, 0) is 4.79 Å². The first-order chi connectivity index (χ1) is 8.70. The van der Waals surface area contributed by atoms with Crippen molar-refractivity contribution in [3.8, 4) is 5.75 Å². The Morgan fingerprint density at radius 2 is 2.00 bits per heavy atom. The first kappa shape index (κ1) is 15.3. The molecule has 0 saturated heterocycles. The maximum atomic E-state index is 12.3. The molecular weight excluding hydrogens is 261 g/mol. The number of aliphatic carboxylic acids is 1. The summed E-state index contributed by atoms with van der Waals surface area (Å²) in [5, 5.41) is 18.3. The van der Waals surface area contributed by atoms with Gasteiger partial charge in [-0.3, -0.25) is 4.79 Å². The monoisotopic (exact) mass is 276 g/mol. The molecule has 0 aliphatic heterocycles. The number of benzene rings is 1. The van der Waals surface area contributed by atoms with E-state index >= 15 is 0 Å². The number of rotatable bonds is 5. The van der Waals surface area contributed by atoms with E-state index in [0.29, 0.717) is 5.56 Å². The van der Waals surface area contributed by atoms with Crippen molar-refractivity contribution in [1.29, 1.82) is 0 Å². The zero-order valence-corrected chi connectivity index (χ0v) is 10.3. The van der Waals surface area contributed by atoms with Crippen LogP contribution in [0, 0.1) is 5.92 Å². The van der Waals surface area contributed by atoms with Crippen LogP contribution in [0.5, 0.6) is 5.75 Å². The van der Waals surface area contributed by atoms with Crippen molar-refractivity contribution in [1.82, 2.24) is 0 Å². The summed E-state index contributed by atoms with van der Waals surface area (Å²) in [5.74, 6) is -2.99. The molecule has 2 atom stereocenters. The molecule has 1 rings (SSSR count). The highest BCUT2D eigenvalue weighted by Gasteiger charge is 2.32. The van der Waals surface area contributed by atoms with E-state index in [2.05, 4.69) is 0 Å². The molecule has 0 heterocycles. The Labute approximate surface area is 108 Å². The van der Waals surface area contributed by atoms with Gasteiger partial charge in [0.1, 0.15) is 5.75 Å². The molecule has 19 heavy (non-hydrogen) atoms. The molecule has 0 amide bonds.